The summed E-state index contributed by atoms with van der Waals surface area (Å²) in [7, 11) is 0. The number of benzene rings is 2. The predicted octanol–water partition coefficient (Wildman–Crippen LogP) is 4.83. The molecule has 2 aromatic heterocycles. The molecule has 136 valence electrons. The van der Waals surface area contributed by atoms with E-state index in [1.165, 1.54) is 6.07 Å². The summed E-state index contributed by atoms with van der Waals surface area (Å²) in [5.41, 5.74) is 2.28. The fraction of sp³-hybridized carbons (Fsp3) is 0.150. The summed E-state index contributed by atoms with van der Waals surface area (Å²) >= 11 is 0. The van der Waals surface area contributed by atoms with E-state index in [2.05, 4.69) is 25.5 Å². The number of para-hydroxylation sites is 1. The van der Waals surface area contributed by atoms with Gasteiger partial charge in [0.15, 0.2) is 17.5 Å². The number of hydrogen-bond donors (Lipinski definition) is 2. The molecule has 27 heavy (non-hydrogen) atoms. The van der Waals surface area contributed by atoms with Crippen molar-refractivity contribution in [2.24, 2.45) is 0 Å². The van der Waals surface area contributed by atoms with Gasteiger partial charge >= 0.3 is 0 Å². The summed E-state index contributed by atoms with van der Waals surface area (Å²) in [6.07, 6.45) is 0. The molecule has 5 nitrogen and oxygen atoms in total. The van der Waals surface area contributed by atoms with Crippen LogP contribution in [0.1, 0.15) is 29.9 Å². The third-order valence-corrected chi connectivity index (χ3v) is 4.40. The van der Waals surface area contributed by atoms with E-state index in [4.69, 9.17) is 0 Å². The lowest BCUT2D eigenvalue weighted by molar-refractivity contribution is 0.506. The van der Waals surface area contributed by atoms with Crippen LogP contribution in [0.25, 0.3) is 10.9 Å². The maximum Gasteiger partial charge on any atom is 0.159 e. The Morgan fingerprint density at radius 3 is 2.56 bits per heavy atom. The van der Waals surface area contributed by atoms with Gasteiger partial charge < -0.3 is 5.32 Å². The third-order valence-electron chi connectivity index (χ3n) is 4.40. The first-order chi connectivity index (χ1) is 13.0. The fourth-order valence-corrected chi connectivity index (χ4v) is 2.92. The highest BCUT2D eigenvalue weighted by Crippen LogP contribution is 2.29. The van der Waals surface area contributed by atoms with Gasteiger partial charge in [-0.1, -0.05) is 25.1 Å². The zero-order valence-electron chi connectivity index (χ0n) is 14.8. The molecule has 0 fully saturated rings. The quantitative estimate of drug-likeness (QED) is 0.543. The molecule has 4 aromatic rings. The Kier molecular flexibility index (Phi) is 4.27. The van der Waals surface area contributed by atoms with Gasteiger partial charge in [0, 0.05) is 23.1 Å². The van der Waals surface area contributed by atoms with Crippen molar-refractivity contribution >= 4 is 22.5 Å². The predicted molar refractivity (Wildman–Crippen MR) is 100 cm³/mol. The van der Waals surface area contributed by atoms with Crippen LogP contribution in [0.2, 0.25) is 0 Å². The lowest BCUT2D eigenvalue weighted by Gasteiger charge is -2.14. The molecule has 0 aliphatic carbocycles. The van der Waals surface area contributed by atoms with Gasteiger partial charge in [-0.25, -0.2) is 18.7 Å². The van der Waals surface area contributed by atoms with Crippen LogP contribution in [-0.2, 0) is 0 Å². The second kappa shape index (κ2) is 6.75. The van der Waals surface area contributed by atoms with Gasteiger partial charge in [-0.15, -0.1) is 0 Å². The maximum atomic E-state index is 13.6. The van der Waals surface area contributed by atoms with Crippen molar-refractivity contribution in [2.45, 2.75) is 19.8 Å². The van der Waals surface area contributed by atoms with Crippen molar-refractivity contribution in [1.29, 1.82) is 0 Å². The Hall–Kier alpha value is -3.35. The highest BCUT2D eigenvalue weighted by molar-refractivity contribution is 5.90. The van der Waals surface area contributed by atoms with Crippen molar-refractivity contribution < 1.29 is 8.78 Å². The molecule has 2 N–H and O–H groups in total. The van der Waals surface area contributed by atoms with Gasteiger partial charge in [-0.05, 0) is 36.8 Å². The van der Waals surface area contributed by atoms with Crippen molar-refractivity contribution in [2.75, 3.05) is 5.32 Å². The average molecular weight is 365 g/mol. The van der Waals surface area contributed by atoms with Gasteiger partial charge in [-0.2, -0.15) is 5.10 Å². The number of anilines is 2. The molecule has 0 spiro atoms. The summed E-state index contributed by atoms with van der Waals surface area (Å²) in [4.78, 5) is 9.26. The van der Waals surface area contributed by atoms with Crippen LogP contribution < -0.4 is 5.32 Å². The molecule has 0 radical (unpaired) electrons. The van der Waals surface area contributed by atoms with Gasteiger partial charge in [-0.3, -0.25) is 5.10 Å². The number of fused-ring (bicyclic) bond motifs is 1. The van der Waals surface area contributed by atoms with Crippen molar-refractivity contribution in [3.63, 3.8) is 0 Å². The molecular formula is C20H17F2N5. The van der Waals surface area contributed by atoms with E-state index in [9.17, 15) is 8.78 Å². The Balaban J connectivity index is 1.79. The van der Waals surface area contributed by atoms with E-state index in [0.29, 0.717) is 23.0 Å². The van der Waals surface area contributed by atoms with Gasteiger partial charge in [0.2, 0.25) is 0 Å². The zero-order chi connectivity index (χ0) is 19.0. The highest BCUT2D eigenvalue weighted by Gasteiger charge is 2.17. The van der Waals surface area contributed by atoms with Crippen molar-refractivity contribution in [1.82, 2.24) is 20.2 Å². The summed E-state index contributed by atoms with van der Waals surface area (Å²) < 4.78 is 26.9. The summed E-state index contributed by atoms with van der Waals surface area (Å²) in [6.45, 7) is 3.77. The topological polar surface area (TPSA) is 66.5 Å². The SMILES string of the molecule is Cc1cc(Nc2nc(C(C)c3ccc(F)c(F)c3)nc3ccccc23)n[nH]1. The number of aromatic amines is 1. The monoisotopic (exact) mass is 365 g/mol. The molecule has 0 saturated carbocycles. The molecule has 0 aliphatic rings. The van der Waals surface area contributed by atoms with Crippen LogP contribution in [-0.4, -0.2) is 20.2 Å². The van der Waals surface area contributed by atoms with E-state index >= 15 is 0 Å². The zero-order valence-corrected chi connectivity index (χ0v) is 14.8. The summed E-state index contributed by atoms with van der Waals surface area (Å²) in [5.74, 6) is -0.313. The summed E-state index contributed by atoms with van der Waals surface area (Å²) in [6, 6.07) is 13.3. The summed E-state index contributed by atoms with van der Waals surface area (Å²) in [5, 5.41) is 11.1. The largest absolute Gasteiger partial charge is 0.323 e. The lowest BCUT2D eigenvalue weighted by Crippen LogP contribution is -2.07. The first-order valence-corrected chi connectivity index (χ1v) is 8.52. The van der Waals surface area contributed by atoms with Crippen LogP contribution in [0.4, 0.5) is 20.4 Å². The molecule has 1 unspecified atom stereocenters. The smallest absolute Gasteiger partial charge is 0.159 e. The molecule has 1 atom stereocenters. The fourth-order valence-electron chi connectivity index (χ4n) is 2.92. The van der Waals surface area contributed by atoms with E-state index in [0.717, 1.165) is 22.7 Å². The van der Waals surface area contributed by atoms with Gasteiger partial charge in [0.1, 0.15) is 11.6 Å². The average Bonchev–Trinajstić information content (AvgIpc) is 3.08. The van der Waals surface area contributed by atoms with E-state index < -0.39 is 11.6 Å². The number of aryl methyl sites for hydroxylation is 1. The molecule has 0 saturated heterocycles. The minimum atomic E-state index is -0.884. The molecular weight excluding hydrogens is 348 g/mol. The number of nitrogens with zero attached hydrogens (tertiary/aromatic N) is 3. The van der Waals surface area contributed by atoms with Gasteiger partial charge in [0.25, 0.3) is 0 Å². The third kappa shape index (κ3) is 3.36. The molecule has 4 rings (SSSR count). The van der Waals surface area contributed by atoms with Crippen LogP contribution in [0.3, 0.4) is 0 Å². The lowest BCUT2D eigenvalue weighted by atomic mass is 10.00. The first-order valence-electron chi connectivity index (χ1n) is 8.52. The number of hydrogen-bond acceptors (Lipinski definition) is 4. The minimum Gasteiger partial charge on any atom is -0.323 e. The number of rotatable bonds is 4. The van der Waals surface area contributed by atoms with E-state index in [1.807, 2.05) is 44.2 Å². The van der Waals surface area contributed by atoms with Crippen LogP contribution in [0, 0.1) is 18.6 Å². The normalized spacial score (nSPS) is 12.3. The van der Waals surface area contributed by atoms with Crippen molar-refractivity contribution in [3.8, 4) is 0 Å². The minimum absolute atomic E-state index is 0.314. The van der Waals surface area contributed by atoms with E-state index in [1.54, 1.807) is 6.07 Å². The molecule has 2 heterocycles. The molecule has 7 heteroatoms. The number of halogens is 2. The number of nitrogens with one attached hydrogen (secondary N) is 2. The molecule has 0 aliphatic heterocycles. The van der Waals surface area contributed by atoms with Crippen LogP contribution >= 0.6 is 0 Å². The molecule has 0 bridgehead atoms. The van der Waals surface area contributed by atoms with Gasteiger partial charge in [0.05, 0.1) is 5.52 Å². The van der Waals surface area contributed by atoms with Crippen LogP contribution in [0.15, 0.2) is 48.5 Å². The number of aromatic nitrogens is 4. The Labute approximate surface area is 154 Å². The highest BCUT2D eigenvalue weighted by atomic mass is 19.2. The number of H-pyrrole nitrogens is 1. The standard InChI is InChI=1S/C20H17F2N5/c1-11-9-18(27-26-11)24-20-14-5-3-4-6-17(14)23-19(25-20)12(2)13-7-8-15(21)16(22)10-13/h3-10,12H,1-2H3,(H2,23,24,25,26,27). The second-order valence-electron chi connectivity index (χ2n) is 6.40. The Morgan fingerprint density at radius 1 is 1.00 bits per heavy atom. The van der Waals surface area contributed by atoms with Crippen LogP contribution in [0.5, 0.6) is 0 Å². The van der Waals surface area contributed by atoms with Crippen molar-refractivity contribution in [3.05, 3.63) is 77.2 Å². The first kappa shape index (κ1) is 17.1. The second-order valence-corrected chi connectivity index (χ2v) is 6.40. The Bertz CT molecular complexity index is 1120. The molecule has 0 amide bonds. The van der Waals surface area contributed by atoms with E-state index in [-0.39, 0.29) is 5.92 Å². The Morgan fingerprint density at radius 2 is 1.81 bits per heavy atom. The maximum absolute atomic E-state index is 13.6. The molecule has 2 aromatic carbocycles.